The Morgan fingerprint density at radius 3 is 2.47 bits per heavy atom. The number of ether oxygens (including phenoxy) is 2. The van der Waals surface area contributed by atoms with E-state index in [2.05, 4.69) is 4.90 Å². The Morgan fingerprint density at radius 1 is 1.18 bits per heavy atom. The molecule has 2 fully saturated rings. The van der Waals surface area contributed by atoms with E-state index in [0.717, 1.165) is 32.2 Å². The molecule has 1 aliphatic heterocycles. The van der Waals surface area contributed by atoms with E-state index < -0.39 is 0 Å². The maximum absolute atomic E-state index is 11.8. The fraction of sp³-hybridized carbons (Fsp3) is 0.917. The van der Waals surface area contributed by atoms with E-state index in [9.17, 15) is 4.79 Å². The molecule has 1 heterocycles. The highest BCUT2D eigenvalue weighted by molar-refractivity contribution is 5.77. The van der Waals surface area contributed by atoms with Crippen LogP contribution in [0.3, 0.4) is 0 Å². The van der Waals surface area contributed by atoms with Gasteiger partial charge in [-0.25, -0.2) is 0 Å². The zero-order valence-corrected chi connectivity index (χ0v) is 10.6. The van der Waals surface area contributed by atoms with Gasteiger partial charge in [0.15, 0.2) is 0 Å². The van der Waals surface area contributed by atoms with Crippen LogP contribution in [0.15, 0.2) is 0 Å². The first-order valence-corrected chi connectivity index (χ1v) is 6.40. The third-order valence-corrected chi connectivity index (χ3v) is 3.39. The fourth-order valence-corrected chi connectivity index (χ4v) is 2.17. The molecular weight excluding hydrogens is 220 g/mol. The largest absolute Gasteiger partial charge is 0.382 e. The first-order chi connectivity index (χ1) is 8.31. The Bertz CT molecular complexity index is 248. The second-order valence-corrected chi connectivity index (χ2v) is 4.69. The SMILES string of the molecule is COCCOCC(=O)N1CCN(C2CC2)CC1. The number of rotatable bonds is 6. The van der Waals surface area contributed by atoms with Crippen molar-refractivity contribution in [3.8, 4) is 0 Å². The quantitative estimate of drug-likeness (QED) is 0.613. The standard InChI is InChI=1S/C12H22N2O3/c1-16-8-9-17-10-12(15)14-6-4-13(5-7-14)11-2-3-11/h11H,2-10H2,1H3. The van der Waals surface area contributed by atoms with Crippen LogP contribution in [0.4, 0.5) is 0 Å². The summed E-state index contributed by atoms with van der Waals surface area (Å²) in [4.78, 5) is 16.2. The molecular formula is C12H22N2O3. The predicted octanol–water partition coefficient (Wildman–Crippen LogP) is -0.0440. The molecule has 98 valence electrons. The van der Waals surface area contributed by atoms with Crippen LogP contribution in [-0.4, -0.2) is 74.9 Å². The van der Waals surface area contributed by atoms with Crippen molar-refractivity contribution in [3.05, 3.63) is 0 Å². The highest BCUT2D eigenvalue weighted by atomic mass is 16.5. The van der Waals surface area contributed by atoms with Gasteiger partial charge in [0, 0.05) is 39.3 Å². The summed E-state index contributed by atoms with van der Waals surface area (Å²) in [5, 5.41) is 0. The van der Waals surface area contributed by atoms with Crippen LogP contribution in [-0.2, 0) is 14.3 Å². The average molecular weight is 242 g/mol. The van der Waals surface area contributed by atoms with Gasteiger partial charge in [0.1, 0.15) is 6.61 Å². The Morgan fingerprint density at radius 2 is 1.88 bits per heavy atom. The first kappa shape index (κ1) is 12.8. The van der Waals surface area contributed by atoms with E-state index in [1.807, 2.05) is 4.90 Å². The Labute approximate surface area is 103 Å². The van der Waals surface area contributed by atoms with E-state index in [4.69, 9.17) is 9.47 Å². The van der Waals surface area contributed by atoms with Gasteiger partial charge in [0.2, 0.25) is 5.91 Å². The molecule has 1 saturated carbocycles. The van der Waals surface area contributed by atoms with Crippen LogP contribution < -0.4 is 0 Å². The Hall–Kier alpha value is -0.650. The molecule has 5 nitrogen and oxygen atoms in total. The van der Waals surface area contributed by atoms with Gasteiger partial charge in [-0.3, -0.25) is 9.69 Å². The van der Waals surface area contributed by atoms with Gasteiger partial charge in [0.05, 0.1) is 13.2 Å². The van der Waals surface area contributed by atoms with Crippen molar-refractivity contribution in [1.29, 1.82) is 0 Å². The van der Waals surface area contributed by atoms with Crippen LogP contribution >= 0.6 is 0 Å². The van der Waals surface area contributed by atoms with Gasteiger partial charge in [-0.1, -0.05) is 0 Å². The topological polar surface area (TPSA) is 42.0 Å². The molecule has 0 N–H and O–H groups in total. The van der Waals surface area contributed by atoms with Crippen molar-refractivity contribution < 1.29 is 14.3 Å². The zero-order chi connectivity index (χ0) is 12.1. The smallest absolute Gasteiger partial charge is 0.248 e. The van der Waals surface area contributed by atoms with Crippen molar-refractivity contribution in [3.63, 3.8) is 0 Å². The highest BCUT2D eigenvalue weighted by Gasteiger charge is 2.32. The Kier molecular flexibility index (Phi) is 4.76. The molecule has 0 aromatic heterocycles. The van der Waals surface area contributed by atoms with Gasteiger partial charge in [0.25, 0.3) is 0 Å². The summed E-state index contributed by atoms with van der Waals surface area (Å²) in [7, 11) is 1.63. The molecule has 17 heavy (non-hydrogen) atoms. The van der Waals surface area contributed by atoms with Gasteiger partial charge in [-0.15, -0.1) is 0 Å². The molecule has 1 saturated heterocycles. The minimum absolute atomic E-state index is 0.108. The highest BCUT2D eigenvalue weighted by Crippen LogP contribution is 2.27. The molecule has 5 heteroatoms. The van der Waals surface area contributed by atoms with E-state index >= 15 is 0 Å². The minimum Gasteiger partial charge on any atom is -0.382 e. The van der Waals surface area contributed by atoms with Gasteiger partial charge in [-0.05, 0) is 12.8 Å². The lowest BCUT2D eigenvalue weighted by molar-refractivity contribution is -0.138. The van der Waals surface area contributed by atoms with E-state index in [1.165, 1.54) is 12.8 Å². The van der Waals surface area contributed by atoms with Crippen molar-refractivity contribution in [2.24, 2.45) is 0 Å². The molecule has 0 radical (unpaired) electrons. The van der Waals surface area contributed by atoms with Gasteiger partial charge >= 0.3 is 0 Å². The van der Waals surface area contributed by atoms with E-state index in [-0.39, 0.29) is 12.5 Å². The number of carbonyl (C=O) groups is 1. The summed E-state index contributed by atoms with van der Waals surface area (Å²) >= 11 is 0. The number of carbonyl (C=O) groups excluding carboxylic acids is 1. The van der Waals surface area contributed by atoms with Crippen LogP contribution in [0.5, 0.6) is 0 Å². The molecule has 1 amide bonds. The van der Waals surface area contributed by atoms with Crippen LogP contribution in [0.1, 0.15) is 12.8 Å². The minimum atomic E-state index is 0.108. The summed E-state index contributed by atoms with van der Waals surface area (Å²) < 4.78 is 10.1. The lowest BCUT2D eigenvalue weighted by atomic mass is 10.3. The summed E-state index contributed by atoms with van der Waals surface area (Å²) in [6.07, 6.45) is 2.68. The number of hydrogen-bond donors (Lipinski definition) is 0. The first-order valence-electron chi connectivity index (χ1n) is 6.40. The predicted molar refractivity (Wildman–Crippen MR) is 63.9 cm³/mol. The molecule has 0 aromatic carbocycles. The summed E-state index contributed by atoms with van der Waals surface area (Å²) in [5.74, 6) is 0.108. The van der Waals surface area contributed by atoms with Crippen molar-refractivity contribution >= 4 is 5.91 Å². The molecule has 2 rings (SSSR count). The maximum atomic E-state index is 11.8. The zero-order valence-electron chi connectivity index (χ0n) is 10.6. The number of hydrogen-bond acceptors (Lipinski definition) is 4. The molecule has 0 bridgehead atoms. The van der Waals surface area contributed by atoms with Gasteiger partial charge < -0.3 is 14.4 Å². The number of nitrogens with zero attached hydrogens (tertiary/aromatic N) is 2. The second-order valence-electron chi connectivity index (χ2n) is 4.69. The monoisotopic (exact) mass is 242 g/mol. The summed E-state index contributed by atoms with van der Waals surface area (Å²) in [5.41, 5.74) is 0. The molecule has 0 atom stereocenters. The normalized spacial score (nSPS) is 21.8. The lowest BCUT2D eigenvalue weighted by Crippen LogP contribution is -2.50. The Balaban J connectivity index is 1.60. The number of piperazine rings is 1. The summed E-state index contributed by atoms with van der Waals surface area (Å²) in [6.45, 7) is 4.97. The van der Waals surface area contributed by atoms with Crippen LogP contribution in [0.25, 0.3) is 0 Å². The van der Waals surface area contributed by atoms with E-state index in [0.29, 0.717) is 13.2 Å². The molecule has 0 spiro atoms. The van der Waals surface area contributed by atoms with Crippen molar-refractivity contribution in [2.75, 3.05) is 53.1 Å². The third-order valence-electron chi connectivity index (χ3n) is 3.39. The molecule has 2 aliphatic rings. The second kappa shape index (κ2) is 6.33. The maximum Gasteiger partial charge on any atom is 0.248 e. The van der Waals surface area contributed by atoms with Crippen molar-refractivity contribution in [1.82, 2.24) is 9.80 Å². The third kappa shape index (κ3) is 3.94. The van der Waals surface area contributed by atoms with Crippen LogP contribution in [0, 0.1) is 0 Å². The molecule has 0 aromatic rings. The van der Waals surface area contributed by atoms with Crippen molar-refractivity contribution in [2.45, 2.75) is 18.9 Å². The lowest BCUT2D eigenvalue weighted by Gasteiger charge is -2.34. The fourth-order valence-electron chi connectivity index (χ4n) is 2.17. The van der Waals surface area contributed by atoms with Crippen LogP contribution in [0.2, 0.25) is 0 Å². The molecule has 0 unspecified atom stereocenters. The van der Waals surface area contributed by atoms with E-state index in [1.54, 1.807) is 7.11 Å². The number of amides is 1. The number of methoxy groups -OCH3 is 1. The average Bonchev–Trinajstić information content (AvgIpc) is 3.19. The van der Waals surface area contributed by atoms with Gasteiger partial charge in [-0.2, -0.15) is 0 Å². The summed E-state index contributed by atoms with van der Waals surface area (Å²) in [6, 6.07) is 0.810. The molecule has 1 aliphatic carbocycles.